The SMILES string of the molecule is c1ccc(-c2ccc3ncccc3c2)cc1. The van der Waals surface area contributed by atoms with Crippen molar-refractivity contribution in [1.82, 2.24) is 4.98 Å². The van der Waals surface area contributed by atoms with E-state index in [0.717, 1.165) is 5.52 Å². The van der Waals surface area contributed by atoms with Gasteiger partial charge >= 0.3 is 0 Å². The Labute approximate surface area is 94.4 Å². The topological polar surface area (TPSA) is 12.9 Å². The number of fused-ring (bicyclic) bond motifs is 1. The third-order valence-corrected chi connectivity index (χ3v) is 2.71. The maximum Gasteiger partial charge on any atom is 0.0702 e. The van der Waals surface area contributed by atoms with Crippen molar-refractivity contribution in [3.63, 3.8) is 0 Å². The van der Waals surface area contributed by atoms with Crippen molar-refractivity contribution in [2.75, 3.05) is 0 Å². The van der Waals surface area contributed by atoms with Crippen LogP contribution in [0.1, 0.15) is 0 Å². The summed E-state index contributed by atoms with van der Waals surface area (Å²) < 4.78 is 0. The summed E-state index contributed by atoms with van der Waals surface area (Å²) in [5.74, 6) is 0. The van der Waals surface area contributed by atoms with E-state index in [-0.39, 0.29) is 0 Å². The average Bonchev–Trinajstić information content (AvgIpc) is 2.39. The van der Waals surface area contributed by atoms with Gasteiger partial charge in [-0.05, 0) is 29.3 Å². The van der Waals surface area contributed by atoms with Crippen molar-refractivity contribution >= 4 is 10.9 Å². The molecule has 0 radical (unpaired) electrons. The summed E-state index contributed by atoms with van der Waals surface area (Å²) in [6.07, 6.45) is 1.82. The molecule has 0 bridgehead atoms. The van der Waals surface area contributed by atoms with Gasteiger partial charge in [-0.25, -0.2) is 0 Å². The van der Waals surface area contributed by atoms with E-state index in [1.807, 2.05) is 18.3 Å². The minimum absolute atomic E-state index is 1.04. The third-order valence-electron chi connectivity index (χ3n) is 2.71. The number of nitrogens with zero attached hydrogens (tertiary/aromatic N) is 1. The van der Waals surface area contributed by atoms with Gasteiger partial charge in [0.1, 0.15) is 0 Å². The molecule has 0 saturated carbocycles. The molecule has 1 heterocycles. The zero-order valence-corrected chi connectivity index (χ0v) is 8.80. The van der Waals surface area contributed by atoms with E-state index in [2.05, 4.69) is 53.5 Å². The minimum atomic E-state index is 1.04. The molecule has 1 nitrogen and oxygen atoms in total. The Hall–Kier alpha value is -2.15. The maximum atomic E-state index is 4.32. The largest absolute Gasteiger partial charge is 0.256 e. The normalized spacial score (nSPS) is 10.5. The Bertz CT molecular complexity index is 614. The predicted octanol–water partition coefficient (Wildman–Crippen LogP) is 3.90. The first-order valence-electron chi connectivity index (χ1n) is 5.34. The van der Waals surface area contributed by atoms with Crippen molar-refractivity contribution in [2.45, 2.75) is 0 Å². The molecule has 0 unspecified atom stereocenters. The lowest BCUT2D eigenvalue weighted by atomic mass is 10.0. The number of hydrogen-bond donors (Lipinski definition) is 0. The summed E-state index contributed by atoms with van der Waals surface area (Å²) in [5, 5.41) is 1.18. The second-order valence-corrected chi connectivity index (χ2v) is 3.78. The molecule has 0 N–H and O–H groups in total. The molecule has 3 aromatic rings. The summed E-state index contributed by atoms with van der Waals surface area (Å²) in [4.78, 5) is 4.32. The monoisotopic (exact) mass is 205 g/mol. The Kier molecular flexibility index (Phi) is 2.15. The van der Waals surface area contributed by atoms with Crippen molar-refractivity contribution in [2.24, 2.45) is 0 Å². The summed E-state index contributed by atoms with van der Waals surface area (Å²) in [6, 6.07) is 20.8. The lowest BCUT2D eigenvalue weighted by Crippen LogP contribution is -1.80. The van der Waals surface area contributed by atoms with Gasteiger partial charge in [-0.3, -0.25) is 4.98 Å². The molecule has 1 aromatic heterocycles. The van der Waals surface area contributed by atoms with Gasteiger partial charge in [0.15, 0.2) is 0 Å². The fraction of sp³-hybridized carbons (Fsp3) is 0. The summed E-state index contributed by atoms with van der Waals surface area (Å²) >= 11 is 0. The van der Waals surface area contributed by atoms with Crippen LogP contribution in [0.4, 0.5) is 0 Å². The maximum absolute atomic E-state index is 4.32. The van der Waals surface area contributed by atoms with Gasteiger partial charge < -0.3 is 0 Å². The lowest BCUT2D eigenvalue weighted by Gasteiger charge is -2.02. The molecule has 0 aliphatic carbocycles. The highest BCUT2D eigenvalue weighted by atomic mass is 14.6. The summed E-state index contributed by atoms with van der Waals surface area (Å²) in [5.41, 5.74) is 3.52. The molecule has 0 atom stereocenters. The van der Waals surface area contributed by atoms with Gasteiger partial charge in [-0.15, -0.1) is 0 Å². The highest BCUT2D eigenvalue weighted by Crippen LogP contribution is 2.22. The quantitative estimate of drug-likeness (QED) is 0.587. The molecule has 0 amide bonds. The minimum Gasteiger partial charge on any atom is -0.256 e. The van der Waals surface area contributed by atoms with E-state index in [9.17, 15) is 0 Å². The number of hydrogen-bond acceptors (Lipinski definition) is 1. The number of benzene rings is 2. The van der Waals surface area contributed by atoms with Crippen LogP contribution >= 0.6 is 0 Å². The van der Waals surface area contributed by atoms with Gasteiger partial charge in [-0.2, -0.15) is 0 Å². The van der Waals surface area contributed by atoms with Crippen molar-refractivity contribution < 1.29 is 0 Å². The number of aromatic nitrogens is 1. The first-order chi connectivity index (χ1) is 7.93. The third kappa shape index (κ3) is 1.57. The van der Waals surface area contributed by atoms with Crippen molar-refractivity contribution in [1.29, 1.82) is 0 Å². The fourth-order valence-electron chi connectivity index (χ4n) is 1.89. The van der Waals surface area contributed by atoms with E-state index >= 15 is 0 Å². The van der Waals surface area contributed by atoms with Gasteiger partial charge in [0, 0.05) is 11.6 Å². The van der Waals surface area contributed by atoms with E-state index in [0.29, 0.717) is 0 Å². The van der Waals surface area contributed by atoms with Crippen LogP contribution < -0.4 is 0 Å². The molecule has 3 rings (SSSR count). The van der Waals surface area contributed by atoms with Crippen LogP contribution in [0.2, 0.25) is 0 Å². The van der Waals surface area contributed by atoms with Crippen LogP contribution in [-0.4, -0.2) is 4.98 Å². The predicted molar refractivity (Wildman–Crippen MR) is 67.2 cm³/mol. The molecule has 16 heavy (non-hydrogen) atoms. The van der Waals surface area contributed by atoms with Crippen LogP contribution in [0.3, 0.4) is 0 Å². The molecular weight excluding hydrogens is 194 g/mol. The zero-order valence-electron chi connectivity index (χ0n) is 8.80. The van der Waals surface area contributed by atoms with E-state index in [4.69, 9.17) is 0 Å². The van der Waals surface area contributed by atoms with E-state index in [1.54, 1.807) is 0 Å². The molecule has 0 aliphatic heterocycles. The Morgan fingerprint density at radius 3 is 2.44 bits per heavy atom. The number of pyridine rings is 1. The van der Waals surface area contributed by atoms with Crippen molar-refractivity contribution in [3.05, 3.63) is 66.9 Å². The average molecular weight is 205 g/mol. The zero-order chi connectivity index (χ0) is 10.8. The first-order valence-corrected chi connectivity index (χ1v) is 5.34. The Morgan fingerprint density at radius 1 is 0.688 bits per heavy atom. The van der Waals surface area contributed by atoms with Crippen molar-refractivity contribution in [3.8, 4) is 11.1 Å². The standard InChI is InChI=1S/C15H11N/c1-2-5-12(6-3-1)13-8-9-15-14(11-13)7-4-10-16-15/h1-11H. The molecule has 76 valence electrons. The van der Waals surface area contributed by atoms with E-state index in [1.165, 1.54) is 16.5 Å². The highest BCUT2D eigenvalue weighted by molar-refractivity contribution is 5.84. The Balaban J connectivity index is 2.19. The van der Waals surface area contributed by atoms with Gasteiger partial charge in [0.25, 0.3) is 0 Å². The van der Waals surface area contributed by atoms with Crippen LogP contribution in [0.15, 0.2) is 66.9 Å². The smallest absolute Gasteiger partial charge is 0.0702 e. The fourth-order valence-corrected chi connectivity index (χ4v) is 1.89. The second-order valence-electron chi connectivity index (χ2n) is 3.78. The molecular formula is C15H11N. The number of rotatable bonds is 1. The van der Waals surface area contributed by atoms with Gasteiger partial charge in [0.2, 0.25) is 0 Å². The van der Waals surface area contributed by atoms with Crippen LogP contribution in [0, 0.1) is 0 Å². The summed E-state index contributed by atoms with van der Waals surface area (Å²) in [6.45, 7) is 0. The van der Waals surface area contributed by atoms with Crippen LogP contribution in [0.25, 0.3) is 22.0 Å². The molecule has 2 aromatic carbocycles. The lowest BCUT2D eigenvalue weighted by molar-refractivity contribution is 1.41. The Morgan fingerprint density at radius 2 is 1.56 bits per heavy atom. The second kappa shape index (κ2) is 3.78. The highest BCUT2D eigenvalue weighted by Gasteiger charge is 1.98. The van der Waals surface area contributed by atoms with Gasteiger partial charge in [-0.1, -0.05) is 42.5 Å². The van der Waals surface area contributed by atoms with Gasteiger partial charge in [0.05, 0.1) is 5.52 Å². The molecule has 0 spiro atoms. The molecule has 1 heteroatoms. The van der Waals surface area contributed by atoms with E-state index < -0.39 is 0 Å². The summed E-state index contributed by atoms with van der Waals surface area (Å²) in [7, 11) is 0. The first kappa shape index (κ1) is 9.10. The molecule has 0 saturated heterocycles. The molecule has 0 fully saturated rings. The van der Waals surface area contributed by atoms with Crippen LogP contribution in [0.5, 0.6) is 0 Å². The van der Waals surface area contributed by atoms with Crippen LogP contribution in [-0.2, 0) is 0 Å². The molecule has 0 aliphatic rings.